The molecule has 53 heavy (non-hydrogen) atoms. The molecule has 0 aromatic heterocycles. The van der Waals surface area contributed by atoms with E-state index in [2.05, 4.69) is 0 Å². The van der Waals surface area contributed by atoms with Gasteiger partial charge in [0.05, 0.1) is 43.7 Å². The molecule has 0 spiro atoms. The zero-order chi connectivity index (χ0) is 37.3. The Labute approximate surface area is 315 Å². The maximum Gasteiger partial charge on any atom is 0.417 e. The fourth-order valence-electron chi connectivity index (χ4n) is 6.05. The van der Waals surface area contributed by atoms with E-state index < -0.39 is 60.8 Å². The number of esters is 3. The van der Waals surface area contributed by atoms with Crippen molar-refractivity contribution in [1.82, 2.24) is 0 Å². The molecule has 7 rings (SSSR count). The number of carbonyl (C=O) groups excluding carboxylic acids is 3. The number of fused-ring (bicyclic) bond motifs is 2. The molecule has 0 N–H and O–H groups in total. The molecule has 0 saturated carbocycles. The molecule has 8 nitrogen and oxygen atoms in total. The van der Waals surface area contributed by atoms with E-state index in [0.29, 0.717) is 4.90 Å². The van der Waals surface area contributed by atoms with Crippen LogP contribution in [0.5, 0.6) is 0 Å². The Morgan fingerprint density at radius 1 is 0.660 bits per heavy atom. The van der Waals surface area contributed by atoms with Crippen molar-refractivity contribution in [2.45, 2.75) is 40.5 Å². The number of nitrogens with zero attached hydrogens (tertiary/aromatic N) is 1. The maximum atomic E-state index is 14.5. The summed E-state index contributed by atoms with van der Waals surface area (Å²) in [7, 11) is 0. The molecule has 2 aliphatic heterocycles. The number of halogens is 5. The van der Waals surface area contributed by atoms with Gasteiger partial charge >= 0.3 is 24.1 Å². The molecule has 14 heteroatoms. The average Bonchev–Trinajstić information content (AvgIpc) is 3.49. The molecular formula is C39H26Cl2F3NO7S. The van der Waals surface area contributed by atoms with Gasteiger partial charge in [0.25, 0.3) is 0 Å². The van der Waals surface area contributed by atoms with Gasteiger partial charge in [-0.1, -0.05) is 95.6 Å². The van der Waals surface area contributed by atoms with Crippen LogP contribution in [-0.4, -0.2) is 49.1 Å². The van der Waals surface area contributed by atoms with Crippen molar-refractivity contribution in [2.75, 3.05) is 11.5 Å². The van der Waals surface area contributed by atoms with Crippen LogP contribution in [-0.2, 0) is 25.1 Å². The molecular weight excluding hydrogens is 754 g/mol. The minimum atomic E-state index is -4.79. The summed E-state index contributed by atoms with van der Waals surface area (Å²) in [6.07, 6.45) is -10.7. The number of anilines is 2. The van der Waals surface area contributed by atoms with Gasteiger partial charge in [0.15, 0.2) is 18.4 Å². The predicted molar refractivity (Wildman–Crippen MR) is 191 cm³/mol. The van der Waals surface area contributed by atoms with E-state index >= 15 is 0 Å². The van der Waals surface area contributed by atoms with Gasteiger partial charge in [-0.15, -0.1) is 0 Å². The lowest BCUT2D eigenvalue weighted by Crippen LogP contribution is -2.47. The van der Waals surface area contributed by atoms with E-state index in [-0.39, 0.29) is 43.0 Å². The lowest BCUT2D eigenvalue weighted by molar-refractivity contribution is -0.139. The van der Waals surface area contributed by atoms with Gasteiger partial charge in [0, 0.05) is 9.79 Å². The number of ether oxygens (including phenoxy) is 4. The van der Waals surface area contributed by atoms with Crippen molar-refractivity contribution in [1.29, 1.82) is 0 Å². The van der Waals surface area contributed by atoms with Crippen LogP contribution >= 0.6 is 35.0 Å². The standard InChI is InChI=1S/C39H26Cl2F3NO7S/c40-26-17-10-18-29-30(26)45(31-27(41)20-19-25(34(31)53-29)39(42,43)44)35-33(52-38(48)24-15-8-3-9-16-24)32(51-37(47)23-13-6-2-7-14-23)28(50-35)21-49-36(46)22-11-4-1-5-12-22/h1-20,28,32-33,35H,21H2/t28-,32-,33-,35-/m1/s1. The van der Waals surface area contributed by atoms with Gasteiger partial charge in [-0.2, -0.15) is 13.2 Å². The quantitative estimate of drug-likeness (QED) is 0.113. The first-order chi connectivity index (χ1) is 25.5. The van der Waals surface area contributed by atoms with Crippen LogP contribution in [0.25, 0.3) is 0 Å². The average molecular weight is 781 g/mol. The van der Waals surface area contributed by atoms with Crippen molar-refractivity contribution in [2.24, 2.45) is 0 Å². The third kappa shape index (κ3) is 7.45. The molecule has 0 radical (unpaired) electrons. The van der Waals surface area contributed by atoms with E-state index in [9.17, 15) is 27.6 Å². The smallest absolute Gasteiger partial charge is 0.417 e. The first-order valence-corrected chi connectivity index (χ1v) is 17.6. The second-order valence-corrected chi connectivity index (χ2v) is 13.7. The Balaban J connectivity index is 1.38. The fraction of sp³-hybridized carbons (Fsp3) is 0.154. The summed E-state index contributed by atoms with van der Waals surface area (Å²) in [5.74, 6) is -2.41. The zero-order valence-corrected chi connectivity index (χ0v) is 29.5. The molecule has 1 saturated heterocycles. The Morgan fingerprint density at radius 2 is 1.19 bits per heavy atom. The van der Waals surface area contributed by atoms with E-state index in [1.165, 1.54) is 35.2 Å². The Bertz CT molecular complexity index is 2160. The van der Waals surface area contributed by atoms with Gasteiger partial charge in [-0.05, 0) is 60.7 Å². The first-order valence-electron chi connectivity index (χ1n) is 16.1. The van der Waals surface area contributed by atoms with Crippen LogP contribution in [0.15, 0.2) is 131 Å². The van der Waals surface area contributed by atoms with Crippen molar-refractivity contribution in [3.8, 4) is 0 Å². The molecule has 0 bridgehead atoms. The molecule has 5 aromatic rings. The van der Waals surface area contributed by atoms with E-state index in [4.69, 9.17) is 42.1 Å². The summed E-state index contributed by atoms with van der Waals surface area (Å²) in [6, 6.07) is 30.7. The van der Waals surface area contributed by atoms with Crippen LogP contribution in [0.4, 0.5) is 24.5 Å². The van der Waals surface area contributed by atoms with Crippen molar-refractivity contribution in [3.63, 3.8) is 0 Å². The Hall–Kier alpha value is -5.01. The van der Waals surface area contributed by atoms with Crippen molar-refractivity contribution in [3.05, 3.63) is 154 Å². The molecule has 0 unspecified atom stereocenters. The van der Waals surface area contributed by atoms with Crippen LogP contribution in [0.2, 0.25) is 10.0 Å². The van der Waals surface area contributed by atoms with Gasteiger partial charge in [0.2, 0.25) is 0 Å². The lowest BCUT2D eigenvalue weighted by Gasteiger charge is -2.40. The van der Waals surface area contributed by atoms with E-state index in [1.54, 1.807) is 78.9 Å². The lowest BCUT2D eigenvalue weighted by atomic mass is 10.1. The summed E-state index contributed by atoms with van der Waals surface area (Å²) < 4.78 is 67.9. The van der Waals surface area contributed by atoms with Gasteiger partial charge < -0.3 is 23.8 Å². The summed E-state index contributed by atoms with van der Waals surface area (Å²) >= 11 is 14.3. The second-order valence-electron chi connectivity index (χ2n) is 11.8. The SMILES string of the molecule is O=C(OC[C@H]1O[C@@H](N2c3c(Cl)cccc3Sc3c(C(F)(F)F)ccc(Cl)c32)[C@H](OC(=O)c2ccccc2)[C@@H]1OC(=O)c1ccccc1)c1ccccc1. The molecule has 5 aromatic carbocycles. The fourth-order valence-corrected chi connectivity index (χ4v) is 7.95. The number of rotatable bonds is 8. The third-order valence-corrected chi connectivity index (χ3v) is 10.2. The second kappa shape index (κ2) is 15.2. The number of alkyl halides is 3. The van der Waals surface area contributed by atoms with Gasteiger partial charge in [-0.3, -0.25) is 0 Å². The highest BCUT2D eigenvalue weighted by Crippen LogP contribution is 2.58. The number of carbonyl (C=O) groups is 3. The molecule has 1 fully saturated rings. The van der Waals surface area contributed by atoms with Crippen LogP contribution in [0.3, 0.4) is 0 Å². The normalized spacial score (nSPS) is 19.2. The first kappa shape index (κ1) is 36.4. The molecule has 0 amide bonds. The highest BCUT2D eigenvalue weighted by Gasteiger charge is 2.55. The minimum Gasteiger partial charge on any atom is -0.459 e. The van der Waals surface area contributed by atoms with Crippen molar-refractivity contribution < 1.29 is 46.5 Å². The van der Waals surface area contributed by atoms with Crippen LogP contribution in [0, 0.1) is 0 Å². The zero-order valence-electron chi connectivity index (χ0n) is 27.2. The maximum absolute atomic E-state index is 14.5. The topological polar surface area (TPSA) is 91.4 Å². The number of hydrogen-bond donors (Lipinski definition) is 0. The number of hydrogen-bond acceptors (Lipinski definition) is 9. The molecule has 2 aliphatic rings. The number of benzene rings is 5. The summed E-state index contributed by atoms with van der Waals surface area (Å²) in [5, 5.41) is 0.0160. The summed E-state index contributed by atoms with van der Waals surface area (Å²) in [5.41, 5.74) is -0.407. The monoisotopic (exact) mass is 779 g/mol. The number of para-hydroxylation sites is 1. The summed E-state index contributed by atoms with van der Waals surface area (Å²) in [6.45, 7) is -0.516. The molecule has 4 atom stereocenters. The van der Waals surface area contributed by atoms with E-state index in [1.807, 2.05) is 0 Å². The summed E-state index contributed by atoms with van der Waals surface area (Å²) in [4.78, 5) is 41.9. The van der Waals surface area contributed by atoms with Gasteiger partial charge in [0.1, 0.15) is 12.7 Å². The van der Waals surface area contributed by atoms with Crippen molar-refractivity contribution >= 4 is 64.2 Å². The predicted octanol–water partition coefficient (Wildman–Crippen LogP) is 9.65. The van der Waals surface area contributed by atoms with Crippen LogP contribution < -0.4 is 4.90 Å². The van der Waals surface area contributed by atoms with Crippen LogP contribution in [0.1, 0.15) is 36.6 Å². The third-order valence-electron chi connectivity index (χ3n) is 8.46. The largest absolute Gasteiger partial charge is 0.459 e. The molecule has 2 heterocycles. The van der Waals surface area contributed by atoms with Gasteiger partial charge in [-0.25, -0.2) is 14.4 Å². The highest BCUT2D eigenvalue weighted by molar-refractivity contribution is 7.99. The van der Waals surface area contributed by atoms with E-state index in [0.717, 1.165) is 23.9 Å². The minimum absolute atomic E-state index is 0.0976. The highest BCUT2D eigenvalue weighted by atomic mass is 35.5. The molecule has 270 valence electrons. The Kier molecular flexibility index (Phi) is 10.4. The Morgan fingerprint density at radius 3 is 1.75 bits per heavy atom. The molecule has 0 aliphatic carbocycles.